The summed E-state index contributed by atoms with van der Waals surface area (Å²) in [6, 6.07) is 4.88. The van der Waals surface area contributed by atoms with Crippen molar-refractivity contribution >= 4 is 23.6 Å². The van der Waals surface area contributed by atoms with Gasteiger partial charge < -0.3 is 14.4 Å². The zero-order valence-corrected chi connectivity index (χ0v) is 15.4. The molecular formula is C18H22F2N3O5+. The third-order valence-corrected chi connectivity index (χ3v) is 4.89. The Morgan fingerprint density at radius 3 is 2.43 bits per heavy atom. The highest BCUT2D eigenvalue weighted by atomic mass is 19.3. The van der Waals surface area contributed by atoms with Crippen LogP contribution < -0.4 is 14.5 Å². The number of alkyl halides is 2. The summed E-state index contributed by atoms with van der Waals surface area (Å²) in [5, 5.41) is 0. The average Bonchev–Trinajstić information content (AvgIpc) is 2.97. The van der Waals surface area contributed by atoms with Gasteiger partial charge in [-0.25, -0.2) is 9.69 Å². The van der Waals surface area contributed by atoms with Crippen LogP contribution in [0.3, 0.4) is 0 Å². The van der Waals surface area contributed by atoms with Crippen molar-refractivity contribution in [1.82, 2.24) is 4.90 Å². The van der Waals surface area contributed by atoms with Crippen LogP contribution in [0.15, 0.2) is 24.3 Å². The van der Waals surface area contributed by atoms with Crippen LogP contribution in [0.25, 0.3) is 0 Å². The molecule has 0 spiro atoms. The fourth-order valence-corrected chi connectivity index (χ4v) is 3.54. The third kappa shape index (κ3) is 4.22. The molecule has 28 heavy (non-hydrogen) atoms. The van der Waals surface area contributed by atoms with Gasteiger partial charge in [-0.05, 0) is 31.2 Å². The number of hydrogen-bond donors (Lipinski definition) is 1. The lowest BCUT2D eigenvalue weighted by Crippen LogP contribution is -3.19. The number of anilines is 1. The van der Waals surface area contributed by atoms with Crippen molar-refractivity contribution in [2.45, 2.75) is 26.0 Å². The molecule has 10 heteroatoms. The van der Waals surface area contributed by atoms with E-state index in [4.69, 9.17) is 4.74 Å². The first-order valence-electron chi connectivity index (χ1n) is 9.08. The van der Waals surface area contributed by atoms with Crippen molar-refractivity contribution in [3.8, 4) is 5.75 Å². The van der Waals surface area contributed by atoms with Crippen LogP contribution in [-0.2, 0) is 14.3 Å². The number of imide groups is 1. The van der Waals surface area contributed by atoms with E-state index < -0.39 is 12.7 Å². The van der Waals surface area contributed by atoms with Crippen LogP contribution in [0.2, 0.25) is 0 Å². The first-order valence-corrected chi connectivity index (χ1v) is 9.08. The molecule has 2 heterocycles. The summed E-state index contributed by atoms with van der Waals surface area (Å²) in [5.41, 5.74) is 0.323. The number of benzene rings is 1. The molecule has 1 N–H and O–H groups in total. The zero-order valence-electron chi connectivity index (χ0n) is 15.4. The highest BCUT2D eigenvalue weighted by molar-refractivity contribution is 6.21. The fourth-order valence-electron chi connectivity index (χ4n) is 3.54. The number of nitrogens with zero attached hydrogens (tertiary/aromatic N) is 2. The van der Waals surface area contributed by atoms with Gasteiger partial charge in [0.05, 0.1) is 44.9 Å². The van der Waals surface area contributed by atoms with Gasteiger partial charge in [0.2, 0.25) is 5.91 Å². The second-order valence-corrected chi connectivity index (χ2v) is 6.54. The molecule has 152 valence electrons. The SMILES string of the molecule is CCOC(=O)N1CC[NH+]([C@H]2CC(=O)N(c3ccc(OC(F)F)cc3)C2=O)CC1. The largest absolute Gasteiger partial charge is 0.450 e. The van der Waals surface area contributed by atoms with Crippen molar-refractivity contribution in [3.05, 3.63) is 24.3 Å². The first kappa shape index (κ1) is 20.0. The van der Waals surface area contributed by atoms with Gasteiger partial charge >= 0.3 is 12.7 Å². The minimum absolute atomic E-state index is 0.0462. The molecule has 2 saturated heterocycles. The van der Waals surface area contributed by atoms with Crippen LogP contribution >= 0.6 is 0 Å². The van der Waals surface area contributed by atoms with Gasteiger partial charge in [0, 0.05) is 0 Å². The van der Waals surface area contributed by atoms with Crippen LogP contribution in [0.4, 0.5) is 19.3 Å². The van der Waals surface area contributed by atoms with E-state index in [0.29, 0.717) is 38.5 Å². The van der Waals surface area contributed by atoms with Crippen LogP contribution in [-0.4, -0.2) is 68.2 Å². The van der Waals surface area contributed by atoms with Crippen molar-refractivity contribution in [2.75, 3.05) is 37.7 Å². The van der Waals surface area contributed by atoms with Gasteiger partial charge in [-0.2, -0.15) is 8.78 Å². The molecule has 8 nitrogen and oxygen atoms in total. The number of piperazine rings is 1. The smallest absolute Gasteiger partial charge is 0.410 e. The number of nitrogens with one attached hydrogen (secondary N) is 1. The van der Waals surface area contributed by atoms with Crippen LogP contribution in [0, 0.1) is 0 Å². The summed E-state index contributed by atoms with van der Waals surface area (Å²) in [7, 11) is 0. The number of carbonyl (C=O) groups is 3. The molecule has 3 rings (SSSR count). The number of amides is 3. The second kappa shape index (κ2) is 8.51. The maximum absolute atomic E-state index is 12.8. The highest BCUT2D eigenvalue weighted by Crippen LogP contribution is 2.25. The second-order valence-electron chi connectivity index (χ2n) is 6.54. The quantitative estimate of drug-likeness (QED) is 0.721. The lowest BCUT2D eigenvalue weighted by Gasteiger charge is -2.33. The Kier molecular flexibility index (Phi) is 6.08. The Balaban J connectivity index is 1.63. The predicted molar refractivity (Wildman–Crippen MR) is 93.3 cm³/mol. The van der Waals surface area contributed by atoms with Gasteiger partial charge in [0.1, 0.15) is 5.75 Å². The van der Waals surface area contributed by atoms with Crippen LogP contribution in [0.5, 0.6) is 5.75 Å². The summed E-state index contributed by atoms with van der Waals surface area (Å²) >= 11 is 0. The van der Waals surface area contributed by atoms with Crippen molar-refractivity contribution in [1.29, 1.82) is 0 Å². The highest BCUT2D eigenvalue weighted by Gasteiger charge is 2.46. The van der Waals surface area contributed by atoms with E-state index in [9.17, 15) is 23.2 Å². The van der Waals surface area contributed by atoms with E-state index in [1.54, 1.807) is 11.8 Å². The van der Waals surface area contributed by atoms with Gasteiger partial charge in [-0.15, -0.1) is 0 Å². The number of carbonyl (C=O) groups excluding carboxylic acids is 3. The van der Waals surface area contributed by atoms with Gasteiger partial charge in [-0.3, -0.25) is 14.5 Å². The molecule has 0 aromatic heterocycles. The molecule has 0 unspecified atom stereocenters. The van der Waals surface area contributed by atoms with E-state index >= 15 is 0 Å². The Hall–Kier alpha value is -2.75. The summed E-state index contributed by atoms with van der Waals surface area (Å²) < 4.78 is 33.8. The number of hydrogen-bond acceptors (Lipinski definition) is 5. The zero-order chi connectivity index (χ0) is 20.3. The van der Waals surface area contributed by atoms with E-state index in [2.05, 4.69) is 4.74 Å². The summed E-state index contributed by atoms with van der Waals surface area (Å²) in [5.74, 6) is -0.708. The molecule has 2 fully saturated rings. The normalized spacial score (nSPS) is 20.8. The molecule has 2 aliphatic heterocycles. The number of quaternary nitrogens is 1. The van der Waals surface area contributed by atoms with E-state index in [0.717, 1.165) is 9.80 Å². The fraction of sp³-hybridized carbons (Fsp3) is 0.500. The Morgan fingerprint density at radius 2 is 1.86 bits per heavy atom. The van der Waals surface area contributed by atoms with Gasteiger partial charge in [-0.1, -0.05) is 0 Å². The third-order valence-electron chi connectivity index (χ3n) is 4.89. The maximum Gasteiger partial charge on any atom is 0.410 e. The summed E-state index contributed by atoms with van der Waals surface area (Å²) in [6.07, 6.45) is -0.300. The molecule has 1 aromatic rings. The van der Waals surface area contributed by atoms with E-state index in [1.165, 1.54) is 24.3 Å². The molecule has 0 radical (unpaired) electrons. The molecule has 1 atom stereocenters. The molecule has 0 saturated carbocycles. The lowest BCUT2D eigenvalue weighted by molar-refractivity contribution is -0.918. The Labute approximate surface area is 160 Å². The number of halogens is 2. The Bertz CT molecular complexity index is 735. The topological polar surface area (TPSA) is 80.6 Å². The van der Waals surface area contributed by atoms with E-state index in [-0.39, 0.29) is 30.1 Å². The predicted octanol–water partition coefficient (Wildman–Crippen LogP) is 0.277. The monoisotopic (exact) mass is 398 g/mol. The first-order chi connectivity index (χ1) is 13.4. The minimum atomic E-state index is -2.94. The molecule has 0 aliphatic carbocycles. The number of rotatable bonds is 5. The minimum Gasteiger partial charge on any atom is -0.450 e. The number of ether oxygens (including phenoxy) is 2. The average molecular weight is 398 g/mol. The maximum atomic E-state index is 12.8. The molecular weight excluding hydrogens is 376 g/mol. The van der Waals surface area contributed by atoms with Crippen molar-refractivity contribution < 1.29 is 37.5 Å². The standard InChI is InChI=1S/C18H21F2N3O5/c1-2-27-18(26)22-9-7-21(8-10-22)14-11-15(24)23(16(14)25)12-3-5-13(6-4-12)28-17(19)20/h3-6,14,17H,2,7-11H2,1H3/p+1/t14-/m0/s1. The van der Waals surface area contributed by atoms with E-state index in [1.807, 2.05) is 0 Å². The lowest BCUT2D eigenvalue weighted by atomic mass is 10.2. The summed E-state index contributed by atoms with van der Waals surface area (Å²) in [4.78, 5) is 40.6. The van der Waals surface area contributed by atoms with Gasteiger partial charge in [0.15, 0.2) is 6.04 Å². The summed E-state index contributed by atoms with van der Waals surface area (Å²) in [6.45, 7) is 1.08. The molecule has 2 aliphatic rings. The van der Waals surface area contributed by atoms with Crippen molar-refractivity contribution in [2.24, 2.45) is 0 Å². The molecule has 3 amide bonds. The van der Waals surface area contributed by atoms with Crippen molar-refractivity contribution in [3.63, 3.8) is 0 Å². The van der Waals surface area contributed by atoms with Crippen LogP contribution in [0.1, 0.15) is 13.3 Å². The molecule has 1 aromatic carbocycles. The van der Waals surface area contributed by atoms with Gasteiger partial charge in [0.25, 0.3) is 5.91 Å². The Morgan fingerprint density at radius 1 is 1.21 bits per heavy atom. The molecule has 0 bridgehead atoms.